The predicted molar refractivity (Wildman–Crippen MR) is 87.3 cm³/mol. The Morgan fingerprint density at radius 2 is 1.95 bits per heavy atom. The molecule has 2 amide bonds. The summed E-state index contributed by atoms with van der Waals surface area (Å²) in [6, 6.07) is 8.99. The molecule has 0 aliphatic carbocycles. The van der Waals surface area contributed by atoms with E-state index in [-0.39, 0.29) is 23.3 Å². The molecular weight excluding hydrogens is 356 g/mol. The van der Waals surface area contributed by atoms with Crippen LogP contribution in [0.25, 0.3) is 0 Å². The van der Waals surface area contributed by atoms with Crippen molar-refractivity contribution < 1.29 is 9.59 Å². The van der Waals surface area contributed by atoms with Gasteiger partial charge in [-0.3, -0.25) is 14.7 Å². The molecule has 0 aliphatic heterocycles. The number of hydrogen-bond acceptors (Lipinski definition) is 4. The number of anilines is 2. The van der Waals surface area contributed by atoms with Gasteiger partial charge in [-0.05, 0) is 18.2 Å². The van der Waals surface area contributed by atoms with Crippen LogP contribution in [-0.4, -0.2) is 33.5 Å². The molecule has 0 aliphatic rings. The zero-order valence-electron chi connectivity index (χ0n) is 10.9. The van der Waals surface area contributed by atoms with E-state index in [1.165, 1.54) is 11.8 Å². The summed E-state index contributed by atoms with van der Waals surface area (Å²) in [5, 5.41) is 11.8. The van der Waals surface area contributed by atoms with E-state index in [4.69, 9.17) is 0 Å². The topological polar surface area (TPSA) is 86.9 Å². The lowest BCUT2D eigenvalue weighted by molar-refractivity contribution is -0.114. The first-order chi connectivity index (χ1) is 10.1. The average Bonchev–Trinajstić information content (AvgIpc) is 2.91. The maximum absolute atomic E-state index is 11.7. The quantitative estimate of drug-likeness (QED) is 0.730. The number of carbonyl (C=O) groups excluding carboxylic acids is 2. The lowest BCUT2D eigenvalue weighted by atomic mass is 10.3. The van der Waals surface area contributed by atoms with Crippen LogP contribution in [0.3, 0.4) is 0 Å². The lowest BCUT2D eigenvalue weighted by Crippen LogP contribution is -2.18. The molecule has 3 N–H and O–H groups in total. The van der Waals surface area contributed by atoms with Crippen molar-refractivity contribution in [2.75, 3.05) is 22.1 Å². The third-order valence-corrected chi connectivity index (χ3v) is 3.78. The molecule has 0 atom stereocenters. The molecule has 0 spiro atoms. The highest BCUT2D eigenvalue weighted by Gasteiger charge is 2.07. The normalized spacial score (nSPS) is 10.1. The number of benzene rings is 1. The second kappa shape index (κ2) is 7.84. The molecule has 0 unspecified atom stereocenters. The number of aromatic nitrogens is 2. The van der Waals surface area contributed by atoms with Crippen molar-refractivity contribution in [1.82, 2.24) is 10.2 Å². The van der Waals surface area contributed by atoms with Crippen molar-refractivity contribution in [1.29, 1.82) is 0 Å². The maximum atomic E-state index is 11.7. The Kier molecular flexibility index (Phi) is 5.82. The number of hydrogen-bond donors (Lipinski definition) is 3. The molecule has 1 heterocycles. The summed E-state index contributed by atoms with van der Waals surface area (Å²) in [5.41, 5.74) is 0.719. The standard InChI is InChI=1S/C13H13BrN4O2S/c14-9-2-1-3-10(6-9)16-12(19)7-21-8-13(20)17-11-4-5-15-18-11/h1-6H,7-8H2,(H,16,19)(H2,15,17,18,20). The third kappa shape index (κ3) is 5.60. The van der Waals surface area contributed by atoms with Gasteiger partial charge in [-0.1, -0.05) is 22.0 Å². The van der Waals surface area contributed by atoms with Gasteiger partial charge >= 0.3 is 0 Å². The van der Waals surface area contributed by atoms with Crippen molar-refractivity contribution in [3.8, 4) is 0 Å². The largest absolute Gasteiger partial charge is 0.325 e. The van der Waals surface area contributed by atoms with Crippen LogP contribution in [0.2, 0.25) is 0 Å². The molecule has 2 aromatic rings. The van der Waals surface area contributed by atoms with Gasteiger partial charge in [0.05, 0.1) is 17.7 Å². The van der Waals surface area contributed by atoms with Gasteiger partial charge in [0.15, 0.2) is 0 Å². The van der Waals surface area contributed by atoms with Crippen LogP contribution >= 0.6 is 27.7 Å². The minimum Gasteiger partial charge on any atom is -0.325 e. The van der Waals surface area contributed by atoms with E-state index < -0.39 is 0 Å². The Labute approximate surface area is 134 Å². The monoisotopic (exact) mass is 368 g/mol. The number of rotatable bonds is 6. The third-order valence-electron chi connectivity index (χ3n) is 2.35. The van der Waals surface area contributed by atoms with Crippen LogP contribution in [-0.2, 0) is 9.59 Å². The Morgan fingerprint density at radius 1 is 1.19 bits per heavy atom. The molecule has 110 valence electrons. The average molecular weight is 369 g/mol. The van der Waals surface area contributed by atoms with E-state index in [0.29, 0.717) is 5.82 Å². The fourth-order valence-corrected chi connectivity index (χ4v) is 2.53. The summed E-state index contributed by atoms with van der Waals surface area (Å²) in [6.07, 6.45) is 1.55. The molecule has 0 radical (unpaired) electrons. The Balaban J connectivity index is 1.68. The van der Waals surface area contributed by atoms with Crippen molar-refractivity contribution >= 4 is 51.0 Å². The molecule has 8 heteroatoms. The minimum atomic E-state index is -0.181. The fourth-order valence-electron chi connectivity index (χ4n) is 1.51. The van der Waals surface area contributed by atoms with E-state index in [1.807, 2.05) is 18.2 Å². The molecule has 2 rings (SSSR count). The Hall–Kier alpha value is -1.80. The first kappa shape index (κ1) is 15.6. The number of nitrogens with zero attached hydrogens (tertiary/aromatic N) is 1. The van der Waals surface area contributed by atoms with E-state index in [1.54, 1.807) is 18.3 Å². The SMILES string of the molecule is O=C(CSCC(=O)Nc1ccn[nH]1)Nc1cccc(Br)c1. The van der Waals surface area contributed by atoms with Crippen LogP contribution in [0.15, 0.2) is 41.0 Å². The highest BCUT2D eigenvalue weighted by atomic mass is 79.9. The summed E-state index contributed by atoms with van der Waals surface area (Å²) in [7, 11) is 0. The van der Waals surface area contributed by atoms with Crippen LogP contribution in [0, 0.1) is 0 Å². The van der Waals surface area contributed by atoms with Gasteiger partial charge in [0.1, 0.15) is 5.82 Å². The lowest BCUT2D eigenvalue weighted by Gasteiger charge is -2.05. The molecule has 0 saturated heterocycles. The first-order valence-electron chi connectivity index (χ1n) is 6.06. The van der Waals surface area contributed by atoms with Gasteiger partial charge in [0.25, 0.3) is 0 Å². The Bertz CT molecular complexity index is 618. The molecule has 6 nitrogen and oxygen atoms in total. The number of thioether (sulfide) groups is 1. The van der Waals surface area contributed by atoms with E-state index in [0.717, 1.165) is 10.2 Å². The summed E-state index contributed by atoms with van der Waals surface area (Å²) in [6.45, 7) is 0. The van der Waals surface area contributed by atoms with Gasteiger partial charge in [-0.15, -0.1) is 11.8 Å². The van der Waals surface area contributed by atoms with Crippen molar-refractivity contribution in [3.63, 3.8) is 0 Å². The molecule has 1 aromatic carbocycles. The van der Waals surface area contributed by atoms with Gasteiger partial charge in [-0.25, -0.2) is 0 Å². The van der Waals surface area contributed by atoms with Crippen molar-refractivity contribution in [2.24, 2.45) is 0 Å². The maximum Gasteiger partial charge on any atom is 0.235 e. The Morgan fingerprint density at radius 3 is 2.62 bits per heavy atom. The van der Waals surface area contributed by atoms with Crippen LogP contribution in [0.5, 0.6) is 0 Å². The number of amides is 2. The summed E-state index contributed by atoms with van der Waals surface area (Å²) in [5.74, 6) is 0.625. The van der Waals surface area contributed by atoms with Gasteiger partial charge in [0, 0.05) is 16.2 Å². The fraction of sp³-hybridized carbons (Fsp3) is 0.154. The second-order valence-corrected chi connectivity index (χ2v) is 5.97. The number of aromatic amines is 1. The van der Waals surface area contributed by atoms with Crippen molar-refractivity contribution in [2.45, 2.75) is 0 Å². The number of H-pyrrole nitrogens is 1. The van der Waals surface area contributed by atoms with Crippen LogP contribution in [0.1, 0.15) is 0 Å². The molecule has 0 bridgehead atoms. The van der Waals surface area contributed by atoms with Crippen LogP contribution < -0.4 is 10.6 Å². The minimum absolute atomic E-state index is 0.146. The highest BCUT2D eigenvalue weighted by molar-refractivity contribution is 9.10. The number of nitrogens with one attached hydrogen (secondary N) is 3. The molecule has 0 fully saturated rings. The van der Waals surface area contributed by atoms with Gasteiger partial charge in [-0.2, -0.15) is 5.10 Å². The summed E-state index contributed by atoms with van der Waals surface area (Å²) >= 11 is 4.58. The molecule has 21 heavy (non-hydrogen) atoms. The van der Waals surface area contributed by atoms with E-state index in [2.05, 4.69) is 36.8 Å². The molecule has 0 saturated carbocycles. The second-order valence-electron chi connectivity index (χ2n) is 4.07. The zero-order chi connectivity index (χ0) is 15.1. The van der Waals surface area contributed by atoms with Crippen molar-refractivity contribution in [3.05, 3.63) is 41.0 Å². The first-order valence-corrected chi connectivity index (χ1v) is 8.00. The van der Waals surface area contributed by atoms with E-state index in [9.17, 15) is 9.59 Å². The zero-order valence-corrected chi connectivity index (χ0v) is 13.3. The van der Waals surface area contributed by atoms with Crippen LogP contribution in [0.4, 0.5) is 11.5 Å². The number of carbonyl (C=O) groups is 2. The molecule has 1 aromatic heterocycles. The predicted octanol–water partition coefficient (Wildman–Crippen LogP) is 2.48. The van der Waals surface area contributed by atoms with Gasteiger partial charge in [0.2, 0.25) is 11.8 Å². The summed E-state index contributed by atoms with van der Waals surface area (Å²) in [4.78, 5) is 23.3. The molecular formula is C13H13BrN4O2S. The highest BCUT2D eigenvalue weighted by Crippen LogP contribution is 2.16. The summed E-state index contributed by atoms with van der Waals surface area (Å²) < 4.78 is 0.895. The van der Waals surface area contributed by atoms with Gasteiger partial charge < -0.3 is 10.6 Å². The van der Waals surface area contributed by atoms with E-state index >= 15 is 0 Å². The number of halogens is 1. The smallest absolute Gasteiger partial charge is 0.235 e.